The van der Waals surface area contributed by atoms with Gasteiger partial charge in [0.1, 0.15) is 0 Å². The lowest BCUT2D eigenvalue weighted by molar-refractivity contribution is -0.139. The van der Waals surface area contributed by atoms with Gasteiger partial charge in [-0.2, -0.15) is 0 Å². The third-order valence-electron chi connectivity index (χ3n) is 10.3. The van der Waals surface area contributed by atoms with Gasteiger partial charge in [0.2, 0.25) is 17.7 Å². The predicted molar refractivity (Wildman–Crippen MR) is 194 cm³/mol. The fraction of sp³-hybridized carbons (Fsp3) is 0.462. The van der Waals surface area contributed by atoms with Crippen LogP contribution in [0.25, 0.3) is 22.5 Å². The fourth-order valence-electron chi connectivity index (χ4n) is 7.60. The molecule has 0 radical (unpaired) electrons. The number of benzene rings is 2. The molecule has 0 atom stereocenters. The first-order chi connectivity index (χ1) is 24.2. The fourth-order valence-corrected chi connectivity index (χ4v) is 7.60. The Kier molecular flexibility index (Phi) is 11.2. The number of likely N-dealkylation sites (tertiary alicyclic amines) is 1. The second-order valence-electron chi connectivity index (χ2n) is 13.7. The summed E-state index contributed by atoms with van der Waals surface area (Å²) in [5.74, 6) is 0.0349. The molecule has 2 saturated heterocycles. The molecule has 1 saturated carbocycles. The highest BCUT2D eigenvalue weighted by Crippen LogP contribution is 2.31. The van der Waals surface area contributed by atoms with Gasteiger partial charge in [-0.15, -0.1) is 0 Å². The second kappa shape index (κ2) is 15.9. The highest BCUT2D eigenvalue weighted by atomic mass is 16.5. The van der Waals surface area contributed by atoms with E-state index in [-0.39, 0.29) is 23.6 Å². The zero-order valence-electron chi connectivity index (χ0n) is 29.3. The first-order valence-electron chi connectivity index (χ1n) is 17.8. The van der Waals surface area contributed by atoms with Gasteiger partial charge in [0.05, 0.1) is 17.5 Å². The van der Waals surface area contributed by atoms with Crippen molar-refractivity contribution in [1.82, 2.24) is 19.7 Å². The average Bonchev–Trinajstić information content (AvgIpc) is 3.14. The summed E-state index contributed by atoms with van der Waals surface area (Å²) in [4.78, 5) is 62.2. The van der Waals surface area contributed by atoms with Crippen molar-refractivity contribution in [1.29, 1.82) is 0 Å². The molecule has 3 fully saturated rings. The smallest absolute Gasteiger partial charge is 0.254 e. The van der Waals surface area contributed by atoms with Crippen LogP contribution in [0.15, 0.2) is 60.7 Å². The van der Waals surface area contributed by atoms with Crippen LogP contribution in [-0.2, 0) is 19.1 Å². The third kappa shape index (κ3) is 8.57. The van der Waals surface area contributed by atoms with Crippen molar-refractivity contribution in [3.05, 3.63) is 66.2 Å². The Morgan fingerprint density at radius 2 is 1.22 bits per heavy atom. The maximum atomic E-state index is 14.1. The van der Waals surface area contributed by atoms with Gasteiger partial charge in [-0.25, -0.2) is 4.98 Å². The van der Waals surface area contributed by atoms with Crippen LogP contribution in [0.4, 0.5) is 11.4 Å². The van der Waals surface area contributed by atoms with Crippen LogP contribution in [-0.4, -0.2) is 102 Å². The number of nitrogens with zero attached hydrogens (tertiary/aromatic N) is 4. The number of hydrogen-bond acceptors (Lipinski definition) is 7. The number of rotatable bonds is 8. The highest BCUT2D eigenvalue weighted by Gasteiger charge is 2.34. The zero-order valence-corrected chi connectivity index (χ0v) is 29.3. The maximum absolute atomic E-state index is 14.1. The van der Waals surface area contributed by atoms with E-state index in [0.717, 1.165) is 75.8 Å². The number of carbonyl (C=O) groups is 4. The number of piperazine rings is 1. The summed E-state index contributed by atoms with van der Waals surface area (Å²) in [7, 11) is 1.76. The number of anilines is 2. The van der Waals surface area contributed by atoms with Crippen LogP contribution in [0.1, 0.15) is 62.7 Å². The van der Waals surface area contributed by atoms with Gasteiger partial charge in [0, 0.05) is 100 Å². The number of nitrogens with one attached hydrogen (secondary N) is 2. The van der Waals surface area contributed by atoms with Crippen molar-refractivity contribution in [2.45, 2.75) is 64.5 Å². The Balaban J connectivity index is 1.13. The summed E-state index contributed by atoms with van der Waals surface area (Å²) in [5.41, 5.74) is 4.56. The molecule has 2 aromatic carbocycles. The van der Waals surface area contributed by atoms with Gasteiger partial charge in [0.15, 0.2) is 0 Å². The molecule has 0 bridgehead atoms. The van der Waals surface area contributed by atoms with Gasteiger partial charge in [-0.3, -0.25) is 24.1 Å². The number of piperidine rings is 1. The summed E-state index contributed by atoms with van der Waals surface area (Å²) in [6.07, 6.45) is 5.97. The average molecular weight is 681 g/mol. The Morgan fingerprint density at radius 1 is 0.680 bits per heavy atom. The van der Waals surface area contributed by atoms with Gasteiger partial charge in [-0.05, 0) is 74.9 Å². The van der Waals surface area contributed by atoms with Crippen LogP contribution in [0.3, 0.4) is 0 Å². The normalized spacial score (nSPS) is 20.3. The largest absolute Gasteiger partial charge is 0.381 e. The summed E-state index contributed by atoms with van der Waals surface area (Å²) >= 11 is 0. The number of hydrogen-bond donors (Lipinski definition) is 2. The quantitative estimate of drug-likeness (QED) is 0.332. The molecule has 3 heterocycles. The van der Waals surface area contributed by atoms with Gasteiger partial charge < -0.3 is 25.2 Å². The van der Waals surface area contributed by atoms with E-state index in [2.05, 4.69) is 20.4 Å². The van der Waals surface area contributed by atoms with Crippen LogP contribution in [0.2, 0.25) is 0 Å². The molecule has 11 heteroatoms. The molecular formula is C39H48N6O5. The number of amides is 4. The molecular weight excluding hydrogens is 632 g/mol. The molecule has 264 valence electrons. The van der Waals surface area contributed by atoms with Crippen molar-refractivity contribution < 1.29 is 23.9 Å². The van der Waals surface area contributed by atoms with Crippen molar-refractivity contribution >= 4 is 35.0 Å². The van der Waals surface area contributed by atoms with Crippen molar-refractivity contribution in [2.75, 3.05) is 57.0 Å². The topological polar surface area (TPSA) is 124 Å². The molecule has 0 unspecified atom stereocenters. The van der Waals surface area contributed by atoms with E-state index in [9.17, 15) is 19.2 Å². The van der Waals surface area contributed by atoms with E-state index < -0.39 is 0 Å². The Bertz CT molecular complexity index is 1630. The highest BCUT2D eigenvalue weighted by molar-refractivity contribution is 5.97. The molecule has 0 spiro atoms. The van der Waals surface area contributed by atoms with Crippen molar-refractivity contribution in [3.8, 4) is 22.5 Å². The lowest BCUT2D eigenvalue weighted by atomic mass is 9.86. The third-order valence-corrected chi connectivity index (χ3v) is 10.3. The van der Waals surface area contributed by atoms with Crippen LogP contribution in [0, 0.1) is 5.92 Å². The van der Waals surface area contributed by atoms with Crippen LogP contribution >= 0.6 is 0 Å². The summed E-state index contributed by atoms with van der Waals surface area (Å²) in [5, 5.41) is 5.65. The standard InChI is InChI=1S/C39H48N6O5/c1-26(46)40-32-8-4-6-29(22-32)36-24-31(25-37(42-36)30-7-5-9-33(23-30)41-27(2)47)39(49)45-20-18-43(19-21-45)34-14-16-44(17-15-34)38(48)28-10-12-35(50-3)13-11-28/h4-9,22-25,28,34-35H,10-21H2,1-3H3,(H,40,46)(H,41,47). The number of pyridine rings is 1. The van der Waals surface area contributed by atoms with Crippen molar-refractivity contribution in [2.24, 2.45) is 5.92 Å². The number of methoxy groups -OCH3 is 1. The van der Waals surface area contributed by atoms with Crippen LogP contribution < -0.4 is 10.6 Å². The van der Waals surface area contributed by atoms with Gasteiger partial charge in [0.25, 0.3) is 5.91 Å². The minimum absolute atomic E-state index is 0.0609. The molecule has 50 heavy (non-hydrogen) atoms. The van der Waals surface area contributed by atoms with Crippen LogP contribution in [0.5, 0.6) is 0 Å². The Labute approximate surface area is 294 Å². The summed E-state index contributed by atoms with van der Waals surface area (Å²) in [6, 6.07) is 18.9. The second-order valence-corrected chi connectivity index (χ2v) is 13.7. The lowest BCUT2D eigenvalue weighted by Gasteiger charge is -2.43. The molecule has 4 amide bonds. The maximum Gasteiger partial charge on any atom is 0.254 e. The first-order valence-corrected chi connectivity index (χ1v) is 17.8. The van der Waals surface area contributed by atoms with E-state index >= 15 is 0 Å². The first kappa shape index (κ1) is 35.2. The van der Waals surface area contributed by atoms with E-state index in [1.807, 2.05) is 65.6 Å². The number of ether oxygens (including phenoxy) is 1. The molecule has 3 aromatic rings. The van der Waals surface area contributed by atoms with Crippen molar-refractivity contribution in [3.63, 3.8) is 0 Å². The van der Waals surface area contributed by atoms with E-state index in [0.29, 0.717) is 59.5 Å². The summed E-state index contributed by atoms with van der Waals surface area (Å²) in [6.45, 7) is 7.31. The number of carbonyl (C=O) groups excluding carboxylic acids is 4. The molecule has 1 aliphatic carbocycles. The summed E-state index contributed by atoms with van der Waals surface area (Å²) < 4.78 is 5.49. The lowest BCUT2D eigenvalue weighted by Crippen LogP contribution is -2.55. The Hall–Kier alpha value is -4.61. The monoisotopic (exact) mass is 680 g/mol. The molecule has 2 aliphatic heterocycles. The molecule has 6 rings (SSSR count). The number of aromatic nitrogens is 1. The van der Waals surface area contributed by atoms with E-state index in [1.54, 1.807) is 7.11 Å². The van der Waals surface area contributed by atoms with Gasteiger partial charge in [-0.1, -0.05) is 24.3 Å². The van der Waals surface area contributed by atoms with E-state index in [4.69, 9.17) is 9.72 Å². The molecule has 3 aliphatic rings. The zero-order chi connectivity index (χ0) is 35.2. The molecule has 2 N–H and O–H groups in total. The molecule has 11 nitrogen and oxygen atoms in total. The Morgan fingerprint density at radius 3 is 1.72 bits per heavy atom. The predicted octanol–water partition coefficient (Wildman–Crippen LogP) is 5.29. The minimum atomic E-state index is -0.173. The van der Waals surface area contributed by atoms with E-state index in [1.165, 1.54) is 13.8 Å². The minimum Gasteiger partial charge on any atom is -0.381 e. The molecule has 1 aromatic heterocycles. The SMILES string of the molecule is COC1CCC(C(=O)N2CCC(N3CCN(C(=O)c4cc(-c5cccc(NC(C)=O)c5)nc(-c5cccc(NC(C)=O)c5)c4)CC3)CC2)CC1. The van der Waals surface area contributed by atoms with Gasteiger partial charge >= 0.3 is 0 Å².